The van der Waals surface area contributed by atoms with Crippen molar-refractivity contribution in [3.05, 3.63) is 78.5 Å². The van der Waals surface area contributed by atoms with Gasteiger partial charge in [0.15, 0.2) is 11.6 Å². The molecule has 3 nitrogen and oxygen atoms in total. The fourth-order valence-electron chi connectivity index (χ4n) is 2.68. The highest BCUT2D eigenvalue weighted by Gasteiger charge is 2.13. The van der Waals surface area contributed by atoms with Crippen LogP contribution in [-0.4, -0.2) is 9.97 Å². The van der Waals surface area contributed by atoms with Crippen LogP contribution in [0.4, 0.5) is 0 Å². The molecule has 0 unspecified atom stereocenters. The van der Waals surface area contributed by atoms with Gasteiger partial charge in [-0.2, -0.15) is 0 Å². The van der Waals surface area contributed by atoms with Gasteiger partial charge in [0.05, 0.1) is 5.69 Å². The Balaban J connectivity index is 1.71. The second-order valence-electron chi connectivity index (χ2n) is 5.45. The standard InChI is InChI=1S/C20H16N2O/c1-14-19(16-10-6-3-7-11-16)22-20(21-14)18-13-12-17(23-18)15-8-4-2-5-9-15/h2-13H,1H3,(H,21,22). The molecule has 112 valence electrons. The van der Waals surface area contributed by atoms with Crippen LogP contribution in [0.15, 0.2) is 77.2 Å². The molecule has 0 amide bonds. The first-order valence-corrected chi connectivity index (χ1v) is 7.59. The Kier molecular flexibility index (Phi) is 3.31. The van der Waals surface area contributed by atoms with Crippen LogP contribution in [0.3, 0.4) is 0 Å². The van der Waals surface area contributed by atoms with E-state index in [2.05, 4.69) is 17.1 Å². The van der Waals surface area contributed by atoms with Crippen LogP contribution in [0.1, 0.15) is 5.69 Å². The summed E-state index contributed by atoms with van der Waals surface area (Å²) in [5, 5.41) is 0. The van der Waals surface area contributed by atoms with Gasteiger partial charge in [-0.15, -0.1) is 0 Å². The first-order valence-electron chi connectivity index (χ1n) is 7.59. The van der Waals surface area contributed by atoms with Gasteiger partial charge < -0.3 is 9.40 Å². The lowest BCUT2D eigenvalue weighted by Crippen LogP contribution is -1.79. The van der Waals surface area contributed by atoms with Gasteiger partial charge in [-0.25, -0.2) is 4.98 Å². The largest absolute Gasteiger partial charge is 0.453 e. The van der Waals surface area contributed by atoms with Gasteiger partial charge in [0.25, 0.3) is 0 Å². The molecule has 1 N–H and O–H groups in total. The molecule has 2 aromatic carbocycles. The average molecular weight is 300 g/mol. The van der Waals surface area contributed by atoms with Crippen LogP contribution in [0, 0.1) is 6.92 Å². The van der Waals surface area contributed by atoms with E-state index in [4.69, 9.17) is 9.40 Å². The Bertz CT molecular complexity index is 921. The molecule has 2 heterocycles. The number of hydrogen-bond donors (Lipinski definition) is 1. The van der Waals surface area contributed by atoms with Gasteiger partial charge >= 0.3 is 0 Å². The van der Waals surface area contributed by atoms with Crippen LogP contribution in [0.25, 0.3) is 34.2 Å². The zero-order valence-electron chi connectivity index (χ0n) is 12.8. The zero-order chi connectivity index (χ0) is 15.6. The summed E-state index contributed by atoms with van der Waals surface area (Å²) in [6.07, 6.45) is 0. The molecule has 4 rings (SSSR count). The summed E-state index contributed by atoms with van der Waals surface area (Å²) in [6.45, 7) is 2.03. The fourth-order valence-corrected chi connectivity index (χ4v) is 2.68. The molecule has 0 aliphatic heterocycles. The SMILES string of the molecule is Cc1[nH]c(-c2ccc(-c3ccccc3)o2)nc1-c1ccccc1. The van der Waals surface area contributed by atoms with E-state index in [1.54, 1.807) is 0 Å². The van der Waals surface area contributed by atoms with Crippen molar-refractivity contribution < 1.29 is 4.42 Å². The second-order valence-corrected chi connectivity index (χ2v) is 5.45. The van der Waals surface area contributed by atoms with Crippen molar-refractivity contribution in [2.45, 2.75) is 6.92 Å². The van der Waals surface area contributed by atoms with E-state index < -0.39 is 0 Å². The first kappa shape index (κ1) is 13.6. The lowest BCUT2D eigenvalue weighted by Gasteiger charge is -1.96. The van der Waals surface area contributed by atoms with E-state index in [0.717, 1.165) is 39.9 Å². The minimum Gasteiger partial charge on any atom is -0.453 e. The summed E-state index contributed by atoms with van der Waals surface area (Å²) in [4.78, 5) is 8.03. The molecule has 0 spiro atoms. The molecule has 0 aliphatic rings. The van der Waals surface area contributed by atoms with Crippen LogP contribution >= 0.6 is 0 Å². The quantitative estimate of drug-likeness (QED) is 0.557. The summed E-state index contributed by atoms with van der Waals surface area (Å²) in [6, 6.07) is 24.2. The van der Waals surface area contributed by atoms with Crippen LogP contribution in [-0.2, 0) is 0 Å². The smallest absolute Gasteiger partial charge is 0.174 e. The average Bonchev–Trinajstić information content (AvgIpc) is 3.23. The summed E-state index contributed by atoms with van der Waals surface area (Å²) < 4.78 is 5.97. The van der Waals surface area contributed by atoms with Crippen LogP contribution in [0.5, 0.6) is 0 Å². The van der Waals surface area contributed by atoms with Crippen LogP contribution in [0.2, 0.25) is 0 Å². The first-order chi connectivity index (χ1) is 11.3. The molecule has 0 atom stereocenters. The van der Waals surface area contributed by atoms with Crippen LogP contribution < -0.4 is 0 Å². The van der Waals surface area contributed by atoms with Gasteiger partial charge in [0, 0.05) is 16.8 Å². The number of H-pyrrole nitrogens is 1. The lowest BCUT2D eigenvalue weighted by atomic mass is 10.1. The third-order valence-corrected chi connectivity index (χ3v) is 3.83. The van der Waals surface area contributed by atoms with Gasteiger partial charge in [0.1, 0.15) is 5.76 Å². The van der Waals surface area contributed by atoms with E-state index in [1.807, 2.05) is 67.6 Å². The number of aromatic nitrogens is 2. The summed E-state index contributed by atoms with van der Waals surface area (Å²) in [5.41, 5.74) is 4.15. The van der Waals surface area contributed by atoms with Gasteiger partial charge in [-0.1, -0.05) is 60.7 Å². The van der Waals surface area contributed by atoms with Gasteiger partial charge in [-0.05, 0) is 19.1 Å². The molecule has 0 saturated heterocycles. The monoisotopic (exact) mass is 300 g/mol. The molecule has 0 radical (unpaired) electrons. The number of imidazole rings is 1. The molecule has 0 bridgehead atoms. The number of rotatable bonds is 3. The van der Waals surface area contributed by atoms with Gasteiger partial charge in [0.2, 0.25) is 0 Å². The normalized spacial score (nSPS) is 10.8. The Morgan fingerprint density at radius 3 is 2.04 bits per heavy atom. The topological polar surface area (TPSA) is 41.8 Å². The number of aryl methyl sites for hydroxylation is 1. The number of nitrogens with zero attached hydrogens (tertiary/aromatic N) is 1. The highest BCUT2D eigenvalue weighted by Crippen LogP contribution is 2.29. The highest BCUT2D eigenvalue weighted by atomic mass is 16.3. The number of furan rings is 1. The van der Waals surface area contributed by atoms with E-state index in [1.165, 1.54) is 0 Å². The Hall–Kier alpha value is -3.07. The maximum atomic E-state index is 5.97. The molecule has 0 fully saturated rings. The van der Waals surface area contributed by atoms with Crippen molar-refractivity contribution in [1.82, 2.24) is 9.97 Å². The predicted molar refractivity (Wildman–Crippen MR) is 91.9 cm³/mol. The number of nitrogens with one attached hydrogen (secondary N) is 1. The van der Waals surface area contributed by atoms with Crippen molar-refractivity contribution in [3.8, 4) is 34.2 Å². The maximum Gasteiger partial charge on any atom is 0.174 e. The minimum absolute atomic E-state index is 0.745. The highest BCUT2D eigenvalue weighted by molar-refractivity contribution is 5.67. The van der Waals surface area contributed by atoms with E-state index in [0.29, 0.717) is 0 Å². The molecule has 0 aliphatic carbocycles. The lowest BCUT2D eigenvalue weighted by molar-refractivity contribution is 0.593. The molecular formula is C20H16N2O. The predicted octanol–water partition coefficient (Wildman–Crippen LogP) is 5.31. The van der Waals surface area contributed by atoms with Crippen molar-refractivity contribution in [2.24, 2.45) is 0 Å². The van der Waals surface area contributed by atoms with Crippen molar-refractivity contribution in [3.63, 3.8) is 0 Å². The molecule has 2 aromatic heterocycles. The zero-order valence-corrected chi connectivity index (χ0v) is 12.8. The Morgan fingerprint density at radius 2 is 1.35 bits per heavy atom. The van der Waals surface area contributed by atoms with Crippen molar-refractivity contribution >= 4 is 0 Å². The Labute approximate surface area is 134 Å². The molecular weight excluding hydrogens is 284 g/mol. The molecule has 4 aromatic rings. The fraction of sp³-hybridized carbons (Fsp3) is 0.0500. The third-order valence-electron chi connectivity index (χ3n) is 3.83. The van der Waals surface area contributed by atoms with E-state index in [9.17, 15) is 0 Å². The molecule has 0 saturated carbocycles. The summed E-state index contributed by atoms with van der Waals surface area (Å²) in [7, 11) is 0. The number of benzene rings is 2. The second kappa shape index (κ2) is 5.61. The summed E-state index contributed by atoms with van der Waals surface area (Å²) in [5.74, 6) is 2.34. The Morgan fingerprint density at radius 1 is 0.739 bits per heavy atom. The van der Waals surface area contributed by atoms with Crippen molar-refractivity contribution in [2.75, 3.05) is 0 Å². The molecule has 3 heteroatoms. The molecule has 23 heavy (non-hydrogen) atoms. The minimum atomic E-state index is 0.745. The maximum absolute atomic E-state index is 5.97. The number of aromatic amines is 1. The third kappa shape index (κ3) is 2.57. The number of hydrogen-bond acceptors (Lipinski definition) is 2. The summed E-state index contributed by atoms with van der Waals surface area (Å²) >= 11 is 0. The van der Waals surface area contributed by atoms with Gasteiger partial charge in [-0.3, -0.25) is 0 Å². The van der Waals surface area contributed by atoms with E-state index in [-0.39, 0.29) is 0 Å². The van der Waals surface area contributed by atoms with E-state index >= 15 is 0 Å². The van der Waals surface area contributed by atoms with Crippen molar-refractivity contribution in [1.29, 1.82) is 0 Å².